The molecule has 0 aliphatic heterocycles. The van der Waals surface area contributed by atoms with Gasteiger partial charge in [-0.3, -0.25) is 0 Å². The van der Waals surface area contributed by atoms with Crippen molar-refractivity contribution in [1.82, 2.24) is 0 Å². The van der Waals surface area contributed by atoms with Crippen molar-refractivity contribution >= 4 is 0 Å². The Balaban J connectivity index is 0.000000671. The molecule has 74 valence electrons. The topological polar surface area (TPSA) is 46.2 Å². The van der Waals surface area contributed by atoms with Gasteiger partial charge in [0.1, 0.15) is 0 Å². The zero-order valence-corrected chi connectivity index (χ0v) is 8.40. The second kappa shape index (κ2) is 7.77. The van der Waals surface area contributed by atoms with E-state index < -0.39 is 0 Å². The minimum absolute atomic E-state index is 0.0505. The van der Waals surface area contributed by atoms with Crippen LogP contribution in [0.3, 0.4) is 0 Å². The summed E-state index contributed by atoms with van der Waals surface area (Å²) in [6.45, 7) is 4.05. The summed E-state index contributed by atoms with van der Waals surface area (Å²) in [5.74, 6) is 0. The van der Waals surface area contributed by atoms with Crippen LogP contribution in [0.2, 0.25) is 0 Å². The van der Waals surface area contributed by atoms with E-state index in [-0.39, 0.29) is 12.6 Å². The Bertz CT molecular complexity index is 199. The molecule has 0 aliphatic carbocycles. The number of benzene rings is 1. The molecular weight excluding hydrogens is 162 g/mol. The number of hydrogen-bond acceptors (Lipinski definition) is 2. The second-order valence-corrected chi connectivity index (χ2v) is 2.63. The molecule has 1 atom stereocenters. The molecule has 0 saturated carbocycles. The van der Waals surface area contributed by atoms with Crippen molar-refractivity contribution in [3.63, 3.8) is 0 Å². The fourth-order valence-corrected chi connectivity index (χ4v) is 0.981. The lowest BCUT2D eigenvalue weighted by molar-refractivity contribution is 0.265. The maximum absolute atomic E-state index is 8.67. The molecule has 0 heterocycles. The Kier molecular flexibility index (Phi) is 7.26. The summed E-state index contributed by atoms with van der Waals surface area (Å²) in [6, 6.07) is 9.80. The van der Waals surface area contributed by atoms with Crippen molar-refractivity contribution in [1.29, 1.82) is 0 Å². The second-order valence-electron chi connectivity index (χ2n) is 2.63. The van der Waals surface area contributed by atoms with Crippen molar-refractivity contribution in [2.45, 2.75) is 26.3 Å². The molecule has 0 fully saturated rings. The largest absolute Gasteiger partial charge is 0.395 e. The third-order valence-electron chi connectivity index (χ3n) is 1.58. The van der Waals surface area contributed by atoms with Crippen LogP contribution >= 0.6 is 0 Å². The van der Waals surface area contributed by atoms with Gasteiger partial charge in [-0.15, -0.1) is 0 Å². The van der Waals surface area contributed by atoms with E-state index in [4.69, 9.17) is 10.8 Å². The van der Waals surface area contributed by atoms with Crippen LogP contribution in [0.25, 0.3) is 0 Å². The van der Waals surface area contributed by atoms with Crippen LogP contribution < -0.4 is 5.73 Å². The van der Waals surface area contributed by atoms with Gasteiger partial charge >= 0.3 is 0 Å². The minimum Gasteiger partial charge on any atom is -0.395 e. The molecule has 1 unspecified atom stereocenters. The first-order chi connectivity index (χ1) is 6.33. The standard InChI is InChI=1S/C9H13NO.C2H6/c10-9(7-11)6-8-4-2-1-3-5-8;1-2/h1-5,9,11H,6-7,10H2;1-2H3. The molecule has 1 aromatic carbocycles. The van der Waals surface area contributed by atoms with E-state index in [0.717, 1.165) is 6.42 Å². The maximum atomic E-state index is 8.67. The Morgan fingerprint density at radius 3 is 2.23 bits per heavy atom. The van der Waals surface area contributed by atoms with Gasteiger partial charge in [-0.2, -0.15) is 0 Å². The lowest BCUT2D eigenvalue weighted by atomic mass is 10.1. The van der Waals surface area contributed by atoms with Gasteiger partial charge in [0, 0.05) is 6.04 Å². The van der Waals surface area contributed by atoms with Gasteiger partial charge in [-0.25, -0.2) is 0 Å². The zero-order valence-electron chi connectivity index (χ0n) is 8.40. The molecule has 3 N–H and O–H groups in total. The number of aliphatic hydroxyl groups excluding tert-OH is 1. The zero-order chi connectivity index (χ0) is 10.1. The molecule has 13 heavy (non-hydrogen) atoms. The third-order valence-corrected chi connectivity index (χ3v) is 1.58. The minimum atomic E-state index is -0.127. The molecule has 0 radical (unpaired) electrons. The fourth-order valence-electron chi connectivity index (χ4n) is 0.981. The summed E-state index contributed by atoms with van der Waals surface area (Å²) < 4.78 is 0. The van der Waals surface area contributed by atoms with E-state index in [1.165, 1.54) is 5.56 Å². The van der Waals surface area contributed by atoms with Crippen LogP contribution in [0.15, 0.2) is 30.3 Å². The Hall–Kier alpha value is -0.860. The van der Waals surface area contributed by atoms with Crippen LogP contribution in [0.1, 0.15) is 19.4 Å². The first-order valence-corrected chi connectivity index (χ1v) is 4.73. The highest BCUT2D eigenvalue weighted by molar-refractivity contribution is 5.15. The summed E-state index contributed by atoms with van der Waals surface area (Å²) in [5.41, 5.74) is 6.73. The summed E-state index contributed by atoms with van der Waals surface area (Å²) in [4.78, 5) is 0. The molecule has 0 bridgehead atoms. The molecule has 2 heteroatoms. The number of aliphatic hydroxyl groups is 1. The molecule has 2 nitrogen and oxygen atoms in total. The SMILES string of the molecule is CC.NC(CO)Cc1ccccc1. The van der Waals surface area contributed by atoms with Gasteiger partial charge in [-0.05, 0) is 12.0 Å². The Morgan fingerprint density at radius 1 is 1.23 bits per heavy atom. The van der Waals surface area contributed by atoms with Gasteiger partial charge in [0.2, 0.25) is 0 Å². The van der Waals surface area contributed by atoms with Crippen LogP contribution in [-0.2, 0) is 6.42 Å². The van der Waals surface area contributed by atoms with Crippen LogP contribution in [0.4, 0.5) is 0 Å². The third kappa shape index (κ3) is 5.39. The summed E-state index contributed by atoms with van der Waals surface area (Å²) >= 11 is 0. The number of nitrogens with two attached hydrogens (primary N) is 1. The number of hydrogen-bond donors (Lipinski definition) is 2. The molecule has 0 amide bonds. The lowest BCUT2D eigenvalue weighted by Gasteiger charge is -2.06. The summed E-state index contributed by atoms with van der Waals surface area (Å²) in [6.07, 6.45) is 0.747. The van der Waals surface area contributed by atoms with E-state index in [9.17, 15) is 0 Å². The average molecular weight is 181 g/mol. The van der Waals surface area contributed by atoms with Crippen molar-refractivity contribution in [3.8, 4) is 0 Å². The molecule has 0 saturated heterocycles. The first-order valence-electron chi connectivity index (χ1n) is 4.73. The lowest BCUT2D eigenvalue weighted by Crippen LogP contribution is -2.26. The Labute approximate surface area is 80.4 Å². The first kappa shape index (κ1) is 12.1. The molecule has 1 aromatic rings. The monoisotopic (exact) mass is 181 g/mol. The number of rotatable bonds is 3. The molecule has 1 rings (SSSR count). The molecule has 0 spiro atoms. The van der Waals surface area contributed by atoms with Gasteiger partial charge in [0.15, 0.2) is 0 Å². The summed E-state index contributed by atoms with van der Waals surface area (Å²) in [5, 5.41) is 8.67. The maximum Gasteiger partial charge on any atom is 0.0585 e. The highest BCUT2D eigenvalue weighted by atomic mass is 16.3. The molecular formula is C11H19NO. The molecule has 0 aromatic heterocycles. The van der Waals surface area contributed by atoms with Crippen LogP contribution in [0, 0.1) is 0 Å². The van der Waals surface area contributed by atoms with E-state index in [0.29, 0.717) is 0 Å². The van der Waals surface area contributed by atoms with E-state index in [1.807, 2.05) is 44.2 Å². The predicted octanol–water partition coefficient (Wildman–Crippen LogP) is 1.57. The van der Waals surface area contributed by atoms with Gasteiger partial charge in [0.05, 0.1) is 6.61 Å². The predicted molar refractivity (Wildman–Crippen MR) is 56.6 cm³/mol. The van der Waals surface area contributed by atoms with Gasteiger partial charge in [-0.1, -0.05) is 44.2 Å². The highest BCUT2D eigenvalue weighted by Crippen LogP contribution is 2.00. The van der Waals surface area contributed by atoms with Crippen LogP contribution in [0.5, 0.6) is 0 Å². The van der Waals surface area contributed by atoms with Gasteiger partial charge < -0.3 is 10.8 Å². The highest BCUT2D eigenvalue weighted by Gasteiger charge is 1.99. The quantitative estimate of drug-likeness (QED) is 0.743. The Morgan fingerprint density at radius 2 is 1.77 bits per heavy atom. The van der Waals surface area contributed by atoms with Crippen molar-refractivity contribution in [2.24, 2.45) is 5.73 Å². The normalized spacial score (nSPS) is 11.4. The van der Waals surface area contributed by atoms with E-state index in [1.54, 1.807) is 0 Å². The van der Waals surface area contributed by atoms with Crippen molar-refractivity contribution in [3.05, 3.63) is 35.9 Å². The smallest absolute Gasteiger partial charge is 0.0585 e. The average Bonchev–Trinajstić information content (AvgIpc) is 2.22. The fraction of sp³-hybridized carbons (Fsp3) is 0.455. The van der Waals surface area contributed by atoms with Gasteiger partial charge in [0.25, 0.3) is 0 Å². The summed E-state index contributed by atoms with van der Waals surface area (Å²) in [7, 11) is 0. The van der Waals surface area contributed by atoms with Crippen molar-refractivity contribution in [2.75, 3.05) is 6.61 Å². The van der Waals surface area contributed by atoms with E-state index >= 15 is 0 Å². The molecule has 0 aliphatic rings. The van der Waals surface area contributed by atoms with Crippen molar-refractivity contribution < 1.29 is 5.11 Å². The van der Waals surface area contributed by atoms with Crippen LogP contribution in [-0.4, -0.2) is 17.8 Å². The van der Waals surface area contributed by atoms with E-state index in [2.05, 4.69) is 0 Å².